The average Bonchev–Trinajstić information content (AvgIpc) is 2.97. The van der Waals surface area contributed by atoms with Crippen molar-refractivity contribution in [1.82, 2.24) is 5.32 Å². The Balaban J connectivity index is 2.05. The Hall–Kier alpha value is -1.71. The smallest absolute Gasteiger partial charge is 0.255 e. The Bertz CT molecular complexity index is 424. The molecule has 4 nitrogen and oxygen atoms in total. The van der Waals surface area contributed by atoms with Crippen LogP contribution in [0.5, 0.6) is 11.5 Å². The van der Waals surface area contributed by atoms with Gasteiger partial charge in [-0.05, 0) is 36.5 Å². The SMILES string of the molecule is CC1(CNC(=O)c2cc(O)ccc2O)CC1. The molecule has 0 aromatic heterocycles. The fourth-order valence-corrected chi connectivity index (χ4v) is 1.48. The standard InChI is InChI=1S/C12H15NO3/c1-12(4-5-12)7-13-11(16)9-6-8(14)2-3-10(9)15/h2-3,6,14-15H,4-5,7H2,1H3,(H,13,16). The van der Waals surface area contributed by atoms with Gasteiger partial charge in [0.25, 0.3) is 5.91 Å². The number of benzene rings is 1. The molecule has 0 radical (unpaired) electrons. The summed E-state index contributed by atoms with van der Waals surface area (Å²) in [4.78, 5) is 11.7. The number of phenolic OH excluding ortho intramolecular Hbond substituents is 2. The minimum Gasteiger partial charge on any atom is -0.508 e. The van der Waals surface area contributed by atoms with E-state index in [4.69, 9.17) is 0 Å². The summed E-state index contributed by atoms with van der Waals surface area (Å²) in [6, 6.07) is 3.91. The van der Waals surface area contributed by atoms with Crippen LogP contribution in [0.25, 0.3) is 0 Å². The molecule has 3 N–H and O–H groups in total. The molecule has 0 bridgehead atoms. The number of hydrogen-bond donors (Lipinski definition) is 3. The van der Waals surface area contributed by atoms with E-state index in [2.05, 4.69) is 12.2 Å². The monoisotopic (exact) mass is 221 g/mol. The van der Waals surface area contributed by atoms with E-state index in [9.17, 15) is 15.0 Å². The van der Waals surface area contributed by atoms with Crippen molar-refractivity contribution in [2.24, 2.45) is 5.41 Å². The average molecular weight is 221 g/mol. The van der Waals surface area contributed by atoms with Crippen LogP contribution in [0.2, 0.25) is 0 Å². The Morgan fingerprint density at radius 3 is 2.75 bits per heavy atom. The van der Waals surface area contributed by atoms with E-state index >= 15 is 0 Å². The molecule has 0 aliphatic heterocycles. The van der Waals surface area contributed by atoms with Gasteiger partial charge in [0.1, 0.15) is 11.5 Å². The Labute approximate surface area is 93.9 Å². The molecule has 0 spiro atoms. The van der Waals surface area contributed by atoms with Crippen LogP contribution in [0.4, 0.5) is 0 Å². The van der Waals surface area contributed by atoms with Crippen molar-refractivity contribution >= 4 is 5.91 Å². The third kappa shape index (κ3) is 2.27. The summed E-state index contributed by atoms with van der Waals surface area (Å²) < 4.78 is 0. The summed E-state index contributed by atoms with van der Waals surface area (Å²) >= 11 is 0. The highest BCUT2D eigenvalue weighted by molar-refractivity contribution is 5.97. The maximum Gasteiger partial charge on any atom is 0.255 e. The molecule has 4 heteroatoms. The van der Waals surface area contributed by atoms with Crippen molar-refractivity contribution in [2.75, 3.05) is 6.54 Å². The van der Waals surface area contributed by atoms with Crippen molar-refractivity contribution in [1.29, 1.82) is 0 Å². The first-order chi connectivity index (χ1) is 7.50. The van der Waals surface area contributed by atoms with Gasteiger partial charge in [-0.1, -0.05) is 6.92 Å². The molecule has 0 unspecified atom stereocenters. The fourth-order valence-electron chi connectivity index (χ4n) is 1.48. The highest BCUT2D eigenvalue weighted by atomic mass is 16.3. The van der Waals surface area contributed by atoms with Gasteiger partial charge in [0.15, 0.2) is 0 Å². The molecule has 0 heterocycles. The second kappa shape index (κ2) is 3.70. The van der Waals surface area contributed by atoms with Gasteiger partial charge in [0.05, 0.1) is 5.56 Å². The molecule has 0 atom stereocenters. The normalized spacial score (nSPS) is 16.8. The second-order valence-electron chi connectivity index (χ2n) is 4.69. The zero-order valence-corrected chi connectivity index (χ0v) is 9.16. The largest absolute Gasteiger partial charge is 0.508 e. The van der Waals surface area contributed by atoms with Gasteiger partial charge in [-0.3, -0.25) is 4.79 Å². The van der Waals surface area contributed by atoms with Crippen LogP contribution in [0.1, 0.15) is 30.1 Å². The molecule has 1 aromatic rings. The number of carbonyl (C=O) groups excluding carboxylic acids is 1. The summed E-state index contributed by atoms with van der Waals surface area (Å²) in [6.45, 7) is 2.72. The first-order valence-corrected chi connectivity index (χ1v) is 5.30. The van der Waals surface area contributed by atoms with E-state index in [1.54, 1.807) is 0 Å². The maximum absolute atomic E-state index is 11.7. The molecule has 86 valence electrons. The zero-order valence-electron chi connectivity index (χ0n) is 9.16. The van der Waals surface area contributed by atoms with Crippen molar-refractivity contribution in [3.05, 3.63) is 23.8 Å². The molecule has 1 aliphatic carbocycles. The Morgan fingerprint density at radius 1 is 1.44 bits per heavy atom. The van der Waals surface area contributed by atoms with E-state index in [1.807, 2.05) is 0 Å². The number of aromatic hydroxyl groups is 2. The highest BCUT2D eigenvalue weighted by Crippen LogP contribution is 2.44. The first kappa shape index (κ1) is 10.8. The van der Waals surface area contributed by atoms with Crippen LogP contribution in [0.3, 0.4) is 0 Å². The van der Waals surface area contributed by atoms with Crippen LogP contribution in [0, 0.1) is 5.41 Å². The van der Waals surface area contributed by atoms with Gasteiger partial charge in [-0.2, -0.15) is 0 Å². The predicted octanol–water partition coefficient (Wildman–Crippen LogP) is 1.63. The quantitative estimate of drug-likeness (QED) is 0.679. The molecular formula is C12H15NO3. The lowest BCUT2D eigenvalue weighted by atomic mass is 10.1. The maximum atomic E-state index is 11.7. The van der Waals surface area contributed by atoms with E-state index in [-0.39, 0.29) is 28.4 Å². The molecule has 1 fully saturated rings. The van der Waals surface area contributed by atoms with Crippen LogP contribution in [-0.4, -0.2) is 22.7 Å². The zero-order chi connectivity index (χ0) is 11.8. The molecule has 1 aromatic carbocycles. The summed E-state index contributed by atoms with van der Waals surface area (Å²) in [5, 5.41) is 21.5. The summed E-state index contributed by atoms with van der Waals surface area (Å²) in [7, 11) is 0. The first-order valence-electron chi connectivity index (χ1n) is 5.30. The van der Waals surface area contributed by atoms with Gasteiger partial charge in [0.2, 0.25) is 0 Å². The molecule has 0 saturated heterocycles. The minimum absolute atomic E-state index is 0.0272. The van der Waals surface area contributed by atoms with E-state index in [0.29, 0.717) is 6.54 Å². The number of phenols is 2. The lowest BCUT2D eigenvalue weighted by molar-refractivity contribution is 0.0943. The second-order valence-corrected chi connectivity index (χ2v) is 4.69. The van der Waals surface area contributed by atoms with Crippen LogP contribution in [0.15, 0.2) is 18.2 Å². The van der Waals surface area contributed by atoms with Gasteiger partial charge in [-0.15, -0.1) is 0 Å². The molecule has 1 saturated carbocycles. The molecule has 1 aliphatic rings. The minimum atomic E-state index is -0.346. The van der Waals surface area contributed by atoms with Crippen LogP contribution < -0.4 is 5.32 Å². The number of hydrogen-bond acceptors (Lipinski definition) is 3. The Morgan fingerprint density at radius 2 is 2.12 bits per heavy atom. The van der Waals surface area contributed by atoms with E-state index < -0.39 is 0 Å². The molecular weight excluding hydrogens is 206 g/mol. The number of carbonyl (C=O) groups is 1. The lowest BCUT2D eigenvalue weighted by Crippen LogP contribution is -2.28. The van der Waals surface area contributed by atoms with Crippen LogP contribution >= 0.6 is 0 Å². The molecule has 16 heavy (non-hydrogen) atoms. The topological polar surface area (TPSA) is 69.6 Å². The van der Waals surface area contributed by atoms with Crippen molar-refractivity contribution in [2.45, 2.75) is 19.8 Å². The lowest BCUT2D eigenvalue weighted by Gasteiger charge is -2.11. The third-order valence-electron chi connectivity index (χ3n) is 3.00. The summed E-state index contributed by atoms with van der Waals surface area (Å²) in [5.74, 6) is -0.488. The van der Waals surface area contributed by atoms with Crippen molar-refractivity contribution in [3.63, 3.8) is 0 Å². The number of amides is 1. The summed E-state index contributed by atoms with van der Waals surface area (Å²) in [5.41, 5.74) is 0.339. The molecule has 1 amide bonds. The van der Waals surface area contributed by atoms with Gasteiger partial charge >= 0.3 is 0 Å². The number of rotatable bonds is 3. The van der Waals surface area contributed by atoms with Gasteiger partial charge in [-0.25, -0.2) is 0 Å². The van der Waals surface area contributed by atoms with Gasteiger partial charge in [0, 0.05) is 6.54 Å². The highest BCUT2D eigenvalue weighted by Gasteiger charge is 2.37. The van der Waals surface area contributed by atoms with Crippen LogP contribution in [-0.2, 0) is 0 Å². The fraction of sp³-hybridized carbons (Fsp3) is 0.417. The van der Waals surface area contributed by atoms with Crippen molar-refractivity contribution < 1.29 is 15.0 Å². The molecule has 2 rings (SSSR count). The summed E-state index contributed by atoms with van der Waals surface area (Å²) in [6.07, 6.45) is 2.25. The van der Waals surface area contributed by atoms with Crippen molar-refractivity contribution in [3.8, 4) is 11.5 Å². The van der Waals surface area contributed by atoms with Gasteiger partial charge < -0.3 is 15.5 Å². The predicted molar refractivity (Wildman–Crippen MR) is 59.4 cm³/mol. The van der Waals surface area contributed by atoms with E-state index in [0.717, 1.165) is 12.8 Å². The Kier molecular flexibility index (Phi) is 2.50. The van der Waals surface area contributed by atoms with E-state index in [1.165, 1.54) is 18.2 Å². The third-order valence-corrected chi connectivity index (χ3v) is 3.00. The number of nitrogens with one attached hydrogen (secondary N) is 1.